The number of carbonyl (C=O) groups excluding carboxylic acids is 1. The number of anilines is 1. The maximum atomic E-state index is 13.3. The van der Waals surface area contributed by atoms with Gasteiger partial charge in [0.2, 0.25) is 0 Å². The van der Waals surface area contributed by atoms with Crippen molar-refractivity contribution in [3.63, 3.8) is 0 Å². The molecule has 0 saturated heterocycles. The highest BCUT2D eigenvalue weighted by atomic mass is 79.9. The molecule has 4 rings (SSSR count). The molecule has 33 heavy (non-hydrogen) atoms. The Morgan fingerprint density at radius 2 is 1.79 bits per heavy atom. The van der Waals surface area contributed by atoms with Crippen LogP contribution in [0.15, 0.2) is 65.1 Å². The molecule has 1 amide bonds. The van der Waals surface area contributed by atoms with Crippen LogP contribution in [0.5, 0.6) is 11.5 Å². The summed E-state index contributed by atoms with van der Waals surface area (Å²) in [4.78, 5) is 15.2. The van der Waals surface area contributed by atoms with E-state index in [1.54, 1.807) is 7.11 Å². The highest BCUT2D eigenvalue weighted by Gasteiger charge is 2.32. The highest BCUT2D eigenvalue weighted by molar-refractivity contribution is 9.10. The molecule has 3 aromatic carbocycles. The van der Waals surface area contributed by atoms with Gasteiger partial charge in [0, 0.05) is 32.7 Å². The second kappa shape index (κ2) is 10.0. The van der Waals surface area contributed by atoms with E-state index in [-0.39, 0.29) is 5.91 Å². The van der Waals surface area contributed by atoms with E-state index in [1.807, 2.05) is 71.6 Å². The lowest BCUT2D eigenvalue weighted by Gasteiger charge is -2.19. The van der Waals surface area contributed by atoms with Gasteiger partial charge in [-0.1, -0.05) is 77.8 Å². The third kappa shape index (κ3) is 4.94. The van der Waals surface area contributed by atoms with Gasteiger partial charge in [0.15, 0.2) is 11.5 Å². The van der Waals surface area contributed by atoms with Gasteiger partial charge < -0.3 is 14.4 Å². The van der Waals surface area contributed by atoms with Crippen molar-refractivity contribution in [2.75, 3.05) is 18.6 Å². The zero-order valence-corrected chi connectivity index (χ0v) is 21.1. The predicted octanol–water partition coefficient (Wildman–Crippen LogP) is 7.23. The summed E-state index contributed by atoms with van der Waals surface area (Å²) in [7, 11) is 1.60. The summed E-state index contributed by atoms with van der Waals surface area (Å²) in [5.74, 6) is 1.54. The highest BCUT2D eigenvalue weighted by Crippen LogP contribution is 2.41. The van der Waals surface area contributed by atoms with Crippen molar-refractivity contribution in [2.24, 2.45) is 5.92 Å². The van der Waals surface area contributed by atoms with Gasteiger partial charge in [0.25, 0.3) is 5.91 Å². The summed E-state index contributed by atoms with van der Waals surface area (Å²) in [6.45, 7) is 5.21. The molecule has 0 spiro atoms. The number of hydrogen-bond acceptors (Lipinski definition) is 3. The largest absolute Gasteiger partial charge is 0.493 e. The maximum absolute atomic E-state index is 13.3. The number of halogens is 2. The number of carbonyl (C=O) groups is 1. The first-order chi connectivity index (χ1) is 15.9. The number of rotatable bonds is 7. The van der Waals surface area contributed by atoms with E-state index in [4.69, 9.17) is 21.1 Å². The van der Waals surface area contributed by atoms with Crippen LogP contribution in [0.3, 0.4) is 0 Å². The van der Waals surface area contributed by atoms with Crippen LogP contribution in [0.2, 0.25) is 5.02 Å². The fraction of sp³-hybridized carbons (Fsp3) is 0.222. The van der Waals surface area contributed by atoms with Crippen LogP contribution in [0, 0.1) is 5.92 Å². The first-order valence-corrected chi connectivity index (χ1v) is 11.9. The molecule has 0 atom stereocenters. The van der Waals surface area contributed by atoms with E-state index in [0.717, 1.165) is 26.9 Å². The Morgan fingerprint density at radius 1 is 1.06 bits per heavy atom. The molecule has 0 unspecified atom stereocenters. The predicted molar refractivity (Wildman–Crippen MR) is 138 cm³/mol. The van der Waals surface area contributed by atoms with Crippen molar-refractivity contribution in [1.29, 1.82) is 0 Å². The van der Waals surface area contributed by atoms with E-state index in [9.17, 15) is 4.79 Å². The number of methoxy groups -OCH3 is 1. The van der Waals surface area contributed by atoms with Crippen molar-refractivity contribution in [1.82, 2.24) is 0 Å². The minimum Gasteiger partial charge on any atom is -0.493 e. The van der Waals surface area contributed by atoms with Gasteiger partial charge in [-0.3, -0.25) is 4.79 Å². The van der Waals surface area contributed by atoms with E-state index in [2.05, 4.69) is 29.8 Å². The summed E-state index contributed by atoms with van der Waals surface area (Å²) in [6.07, 6.45) is 1.91. The van der Waals surface area contributed by atoms with Crippen LogP contribution in [0.1, 0.15) is 30.5 Å². The van der Waals surface area contributed by atoms with Crippen LogP contribution in [-0.2, 0) is 11.4 Å². The Bertz CT molecular complexity index is 1220. The Morgan fingerprint density at radius 3 is 2.52 bits per heavy atom. The molecule has 170 valence electrons. The standard InChI is InChI=1S/C27H25BrClNO3/c1-17(2)15-30-24-11-7-5-9-20(24)21(27(30)31)12-19-13-25(32-3)26(14-22(19)28)33-16-18-8-4-6-10-23(18)29/h4-14,17H,15-16H2,1-3H3/b21-12-. The summed E-state index contributed by atoms with van der Waals surface area (Å²) in [5, 5.41) is 0.654. The van der Waals surface area contributed by atoms with E-state index in [1.165, 1.54) is 0 Å². The topological polar surface area (TPSA) is 38.8 Å². The average molecular weight is 527 g/mol. The molecule has 0 saturated carbocycles. The summed E-state index contributed by atoms with van der Waals surface area (Å²) in [5.41, 5.74) is 4.28. The fourth-order valence-corrected chi connectivity index (χ4v) is 4.48. The Kier molecular flexibility index (Phi) is 7.11. The molecule has 1 aliphatic heterocycles. The molecule has 1 aliphatic rings. The van der Waals surface area contributed by atoms with Gasteiger partial charge >= 0.3 is 0 Å². The third-order valence-electron chi connectivity index (χ3n) is 5.43. The van der Waals surface area contributed by atoms with E-state index >= 15 is 0 Å². The lowest BCUT2D eigenvalue weighted by Crippen LogP contribution is -2.30. The minimum atomic E-state index is 0.00909. The smallest absolute Gasteiger partial charge is 0.259 e. The van der Waals surface area contributed by atoms with Crippen LogP contribution >= 0.6 is 27.5 Å². The van der Waals surface area contributed by atoms with Crippen molar-refractivity contribution in [2.45, 2.75) is 20.5 Å². The van der Waals surface area contributed by atoms with Gasteiger partial charge in [-0.25, -0.2) is 0 Å². The first-order valence-electron chi connectivity index (χ1n) is 10.8. The molecule has 4 nitrogen and oxygen atoms in total. The van der Waals surface area contributed by atoms with Crippen LogP contribution in [0.4, 0.5) is 5.69 Å². The number of para-hydroxylation sites is 1. The van der Waals surface area contributed by atoms with Crippen LogP contribution < -0.4 is 14.4 Å². The van der Waals surface area contributed by atoms with Gasteiger partial charge in [-0.05, 0) is 41.8 Å². The Labute approximate surface area is 207 Å². The van der Waals surface area contributed by atoms with E-state index in [0.29, 0.717) is 41.2 Å². The Balaban J connectivity index is 1.67. The van der Waals surface area contributed by atoms with Crippen LogP contribution in [-0.4, -0.2) is 19.6 Å². The molecule has 0 aromatic heterocycles. The van der Waals surface area contributed by atoms with Crippen LogP contribution in [0.25, 0.3) is 11.6 Å². The summed E-state index contributed by atoms with van der Waals surface area (Å²) >= 11 is 9.89. The van der Waals surface area contributed by atoms with E-state index < -0.39 is 0 Å². The fourth-order valence-electron chi connectivity index (χ4n) is 3.85. The molecule has 3 aromatic rings. The minimum absolute atomic E-state index is 0.00909. The molecule has 0 N–H and O–H groups in total. The zero-order valence-electron chi connectivity index (χ0n) is 18.8. The van der Waals surface area contributed by atoms with Gasteiger partial charge in [0.05, 0.1) is 12.8 Å². The molecular weight excluding hydrogens is 502 g/mol. The summed E-state index contributed by atoms with van der Waals surface area (Å²) in [6, 6.07) is 19.2. The van der Waals surface area contributed by atoms with Crippen molar-refractivity contribution >= 4 is 50.8 Å². The molecule has 0 radical (unpaired) electrons. The Hall–Kier alpha value is -2.76. The number of ether oxygens (including phenoxy) is 2. The SMILES string of the molecule is COc1cc(/C=C2\C(=O)N(CC(C)C)c3ccccc32)c(Br)cc1OCc1ccccc1Cl. The normalized spacial score (nSPS) is 14.2. The number of amides is 1. The lowest BCUT2D eigenvalue weighted by molar-refractivity contribution is -0.113. The quantitative estimate of drug-likeness (QED) is 0.305. The lowest BCUT2D eigenvalue weighted by atomic mass is 10.0. The molecule has 0 aliphatic carbocycles. The number of hydrogen-bond donors (Lipinski definition) is 0. The second-order valence-electron chi connectivity index (χ2n) is 8.29. The third-order valence-corrected chi connectivity index (χ3v) is 6.49. The van der Waals surface area contributed by atoms with Gasteiger partial charge in [-0.2, -0.15) is 0 Å². The molecule has 1 heterocycles. The van der Waals surface area contributed by atoms with Crippen molar-refractivity contribution in [3.05, 3.63) is 86.8 Å². The van der Waals surface area contributed by atoms with Crippen molar-refractivity contribution < 1.29 is 14.3 Å². The molecule has 0 fully saturated rings. The van der Waals surface area contributed by atoms with Gasteiger partial charge in [-0.15, -0.1) is 0 Å². The first kappa shape index (κ1) is 23.4. The number of nitrogens with zero attached hydrogens (tertiary/aromatic N) is 1. The molecule has 0 bridgehead atoms. The molecule has 6 heteroatoms. The number of fused-ring (bicyclic) bond motifs is 1. The average Bonchev–Trinajstić information content (AvgIpc) is 3.05. The maximum Gasteiger partial charge on any atom is 0.259 e. The monoisotopic (exact) mass is 525 g/mol. The molecular formula is C27H25BrClNO3. The number of benzene rings is 3. The van der Waals surface area contributed by atoms with Crippen molar-refractivity contribution in [3.8, 4) is 11.5 Å². The zero-order chi connectivity index (χ0) is 23.5. The summed E-state index contributed by atoms with van der Waals surface area (Å²) < 4.78 is 12.4. The second-order valence-corrected chi connectivity index (χ2v) is 9.55. The van der Waals surface area contributed by atoms with Gasteiger partial charge in [0.1, 0.15) is 6.61 Å².